The van der Waals surface area contributed by atoms with E-state index in [1.807, 2.05) is 78.9 Å². The van der Waals surface area contributed by atoms with Gasteiger partial charge in [0.25, 0.3) is 5.78 Å². The van der Waals surface area contributed by atoms with E-state index in [1.165, 1.54) is 6.33 Å². The maximum absolute atomic E-state index is 5.92. The average molecular weight is 438 g/mol. The number of hydrogen-bond acceptors (Lipinski definition) is 6. The molecule has 5 rings (SSSR count). The van der Waals surface area contributed by atoms with E-state index < -0.39 is 0 Å². The second kappa shape index (κ2) is 9.00. The third-order valence-corrected chi connectivity index (χ3v) is 5.33. The summed E-state index contributed by atoms with van der Waals surface area (Å²) in [5.41, 5.74) is 4.62. The van der Waals surface area contributed by atoms with Crippen LogP contribution in [0.4, 0.5) is 0 Å². The fraction of sp³-hybridized carbons (Fsp3) is 0.115. The molecule has 0 aliphatic carbocycles. The van der Waals surface area contributed by atoms with Crippen LogP contribution >= 0.6 is 0 Å². The number of nitrogens with zero attached hydrogens (tertiary/aromatic N) is 4. The van der Waals surface area contributed by atoms with Crippen LogP contribution in [0, 0.1) is 0 Å². The molecule has 5 aromatic rings. The lowest BCUT2D eigenvalue weighted by atomic mass is 10.1. The number of fused-ring (bicyclic) bond motifs is 1. The standard InChI is InChI=1S/C26H22N4O3/c1-31-24-13-10-20(14-25(24)32-2)22-15-23(30-26(29-22)27-17-28-30)19-8-11-21(12-9-19)33-16-18-6-4-3-5-7-18/h3-15,17H,16H2,1-2H3. The fourth-order valence-corrected chi connectivity index (χ4v) is 3.62. The number of hydrogen-bond donors (Lipinski definition) is 0. The van der Waals surface area contributed by atoms with Gasteiger partial charge in [0, 0.05) is 11.1 Å². The molecule has 0 saturated heterocycles. The molecule has 0 aliphatic heterocycles. The van der Waals surface area contributed by atoms with Crippen LogP contribution in [0.15, 0.2) is 85.2 Å². The zero-order valence-electron chi connectivity index (χ0n) is 18.3. The van der Waals surface area contributed by atoms with Gasteiger partial charge < -0.3 is 14.2 Å². The first kappa shape index (κ1) is 20.5. The lowest BCUT2D eigenvalue weighted by Crippen LogP contribution is -2.00. The summed E-state index contributed by atoms with van der Waals surface area (Å²) in [6.45, 7) is 0.520. The Kier molecular flexibility index (Phi) is 5.59. The first-order valence-electron chi connectivity index (χ1n) is 10.5. The van der Waals surface area contributed by atoms with E-state index in [0.29, 0.717) is 23.9 Å². The monoisotopic (exact) mass is 438 g/mol. The van der Waals surface area contributed by atoms with Crippen molar-refractivity contribution in [1.29, 1.82) is 0 Å². The Morgan fingerprint density at radius 2 is 1.55 bits per heavy atom. The first-order valence-corrected chi connectivity index (χ1v) is 10.5. The van der Waals surface area contributed by atoms with Gasteiger partial charge in [0.1, 0.15) is 18.7 Å². The molecule has 3 aromatic carbocycles. The van der Waals surface area contributed by atoms with E-state index in [1.54, 1.807) is 18.7 Å². The quantitative estimate of drug-likeness (QED) is 0.354. The molecular formula is C26H22N4O3. The van der Waals surface area contributed by atoms with Gasteiger partial charge in [-0.05, 0) is 54.1 Å². The molecule has 0 aliphatic rings. The Bertz CT molecular complexity index is 1380. The second-order valence-corrected chi connectivity index (χ2v) is 7.37. The maximum Gasteiger partial charge on any atom is 0.253 e. The summed E-state index contributed by atoms with van der Waals surface area (Å²) >= 11 is 0. The Morgan fingerprint density at radius 3 is 2.30 bits per heavy atom. The Labute approximate surface area is 191 Å². The van der Waals surface area contributed by atoms with Crippen LogP contribution in [0.1, 0.15) is 5.56 Å². The molecule has 0 amide bonds. The van der Waals surface area contributed by atoms with Gasteiger partial charge in [-0.2, -0.15) is 14.6 Å². The topological polar surface area (TPSA) is 70.8 Å². The molecule has 0 fully saturated rings. The molecule has 0 spiro atoms. The van der Waals surface area contributed by atoms with Crippen LogP contribution < -0.4 is 14.2 Å². The Hall–Kier alpha value is -4.39. The third-order valence-electron chi connectivity index (χ3n) is 5.33. The minimum atomic E-state index is 0.515. The molecule has 0 N–H and O–H groups in total. The largest absolute Gasteiger partial charge is 0.493 e. The van der Waals surface area contributed by atoms with Crippen LogP contribution in [-0.4, -0.2) is 33.8 Å². The number of methoxy groups -OCH3 is 2. The minimum Gasteiger partial charge on any atom is -0.493 e. The molecule has 164 valence electrons. The van der Waals surface area contributed by atoms with E-state index in [4.69, 9.17) is 14.2 Å². The van der Waals surface area contributed by atoms with E-state index in [9.17, 15) is 0 Å². The molecule has 2 aromatic heterocycles. The molecule has 0 atom stereocenters. The van der Waals surface area contributed by atoms with Crippen molar-refractivity contribution >= 4 is 5.78 Å². The van der Waals surface area contributed by atoms with Crippen molar-refractivity contribution < 1.29 is 14.2 Å². The highest BCUT2D eigenvalue weighted by Crippen LogP contribution is 2.33. The second-order valence-electron chi connectivity index (χ2n) is 7.37. The van der Waals surface area contributed by atoms with Gasteiger partial charge in [-0.3, -0.25) is 0 Å². The summed E-state index contributed by atoms with van der Waals surface area (Å²) in [4.78, 5) is 8.98. The number of benzene rings is 3. The predicted octanol–water partition coefficient (Wildman–Crippen LogP) is 5.05. The van der Waals surface area contributed by atoms with Crippen molar-refractivity contribution in [3.8, 4) is 39.8 Å². The molecule has 0 saturated carbocycles. The molecular weight excluding hydrogens is 416 g/mol. The molecule has 7 heteroatoms. The SMILES string of the molecule is COc1ccc(-c2cc(-c3ccc(OCc4ccccc4)cc3)n3ncnc3n2)cc1OC. The van der Waals surface area contributed by atoms with E-state index in [0.717, 1.165) is 33.8 Å². The molecule has 0 bridgehead atoms. The van der Waals surface area contributed by atoms with Crippen molar-refractivity contribution in [2.24, 2.45) is 0 Å². The Balaban J connectivity index is 1.47. The van der Waals surface area contributed by atoms with Crippen molar-refractivity contribution in [1.82, 2.24) is 19.6 Å². The molecule has 2 heterocycles. The van der Waals surface area contributed by atoms with Gasteiger partial charge in [-0.1, -0.05) is 30.3 Å². The molecule has 7 nitrogen and oxygen atoms in total. The smallest absolute Gasteiger partial charge is 0.253 e. The summed E-state index contributed by atoms with van der Waals surface area (Å²) in [5, 5.41) is 4.36. The highest BCUT2D eigenvalue weighted by atomic mass is 16.5. The van der Waals surface area contributed by atoms with Gasteiger partial charge >= 0.3 is 0 Å². The van der Waals surface area contributed by atoms with Gasteiger partial charge in [0.05, 0.1) is 25.6 Å². The van der Waals surface area contributed by atoms with Gasteiger partial charge in [-0.25, -0.2) is 4.98 Å². The van der Waals surface area contributed by atoms with Crippen LogP contribution in [0.5, 0.6) is 17.2 Å². The van der Waals surface area contributed by atoms with Gasteiger partial charge in [-0.15, -0.1) is 0 Å². The summed E-state index contributed by atoms with van der Waals surface area (Å²) in [6, 6.07) is 25.7. The van der Waals surface area contributed by atoms with E-state index in [-0.39, 0.29) is 0 Å². The molecule has 0 unspecified atom stereocenters. The van der Waals surface area contributed by atoms with Gasteiger partial charge in [0.2, 0.25) is 0 Å². The average Bonchev–Trinajstić information content (AvgIpc) is 3.36. The van der Waals surface area contributed by atoms with Crippen LogP contribution in [0.25, 0.3) is 28.3 Å². The normalized spacial score (nSPS) is 10.8. The van der Waals surface area contributed by atoms with Crippen molar-refractivity contribution in [3.63, 3.8) is 0 Å². The number of rotatable bonds is 7. The third kappa shape index (κ3) is 4.21. The van der Waals surface area contributed by atoms with Crippen LogP contribution in [0.2, 0.25) is 0 Å². The van der Waals surface area contributed by atoms with Crippen molar-refractivity contribution in [2.75, 3.05) is 14.2 Å². The zero-order chi connectivity index (χ0) is 22.6. The van der Waals surface area contributed by atoms with Crippen LogP contribution in [0.3, 0.4) is 0 Å². The lowest BCUT2D eigenvalue weighted by Gasteiger charge is -2.12. The zero-order valence-corrected chi connectivity index (χ0v) is 18.3. The van der Waals surface area contributed by atoms with Crippen LogP contribution in [-0.2, 0) is 6.61 Å². The van der Waals surface area contributed by atoms with Gasteiger partial charge in [0.15, 0.2) is 11.5 Å². The highest BCUT2D eigenvalue weighted by molar-refractivity contribution is 5.72. The van der Waals surface area contributed by atoms with E-state index in [2.05, 4.69) is 15.1 Å². The fourth-order valence-electron chi connectivity index (χ4n) is 3.62. The highest BCUT2D eigenvalue weighted by Gasteiger charge is 2.13. The molecule has 0 radical (unpaired) electrons. The van der Waals surface area contributed by atoms with E-state index >= 15 is 0 Å². The predicted molar refractivity (Wildman–Crippen MR) is 126 cm³/mol. The summed E-state index contributed by atoms with van der Waals surface area (Å²) in [6.07, 6.45) is 1.50. The maximum atomic E-state index is 5.92. The Morgan fingerprint density at radius 1 is 0.788 bits per heavy atom. The van der Waals surface area contributed by atoms with Crippen molar-refractivity contribution in [2.45, 2.75) is 6.61 Å². The van der Waals surface area contributed by atoms with Crippen molar-refractivity contribution in [3.05, 3.63) is 90.8 Å². The summed E-state index contributed by atoms with van der Waals surface area (Å²) in [5.74, 6) is 2.61. The lowest BCUT2D eigenvalue weighted by molar-refractivity contribution is 0.306. The summed E-state index contributed by atoms with van der Waals surface area (Å²) in [7, 11) is 3.23. The number of aromatic nitrogens is 4. The first-order chi connectivity index (χ1) is 16.2. The number of ether oxygens (including phenoxy) is 3. The molecule has 33 heavy (non-hydrogen) atoms. The minimum absolute atomic E-state index is 0.515. The summed E-state index contributed by atoms with van der Waals surface area (Å²) < 4.78 is 18.5.